The topological polar surface area (TPSA) is 47.3 Å². The fourth-order valence-corrected chi connectivity index (χ4v) is 2.89. The van der Waals surface area contributed by atoms with Crippen LogP contribution in [0.1, 0.15) is 16.1 Å². The van der Waals surface area contributed by atoms with Gasteiger partial charge in [-0.05, 0) is 47.5 Å². The van der Waals surface area contributed by atoms with Crippen molar-refractivity contribution in [2.45, 2.75) is 0 Å². The molecule has 3 aromatic heterocycles. The number of carbonyl (C=O) groups is 1. The van der Waals surface area contributed by atoms with Crippen molar-refractivity contribution in [1.29, 1.82) is 0 Å². The molecule has 4 nitrogen and oxygen atoms in total. The summed E-state index contributed by atoms with van der Waals surface area (Å²) < 4.78 is 1.85. The first-order chi connectivity index (χ1) is 12.7. The number of halogens is 2. The molecule has 0 atom stereocenters. The lowest BCUT2D eigenvalue weighted by atomic mass is 10.0. The zero-order valence-electron chi connectivity index (χ0n) is 14.1. The van der Waals surface area contributed by atoms with Crippen LogP contribution in [0.4, 0.5) is 0 Å². The largest absolute Gasteiger partial charge is 0.299 e. The van der Waals surface area contributed by atoms with Gasteiger partial charge in [0.2, 0.25) is 0 Å². The molecular formula is C21H15Cl2N3O. The number of rotatable bonds is 4. The number of pyridine rings is 2. The van der Waals surface area contributed by atoms with Crippen LogP contribution in [0.2, 0.25) is 5.02 Å². The molecule has 4 aromatic rings. The molecule has 0 spiro atoms. The lowest BCUT2D eigenvalue weighted by Gasteiger charge is -2.02. The zero-order valence-corrected chi connectivity index (χ0v) is 15.7. The molecule has 0 radical (unpaired) electrons. The standard InChI is InChI=1S/C21H14ClN3O.ClH/c22-18-5-8-21-24-13-19(25(21)14-18)6-7-20(26)17-3-1-15(2-4-17)16-9-11-23-12-10-16;/h1-14H;1H/b7-6+;. The third kappa shape index (κ3) is 4.08. The van der Waals surface area contributed by atoms with E-state index in [-0.39, 0.29) is 18.2 Å². The van der Waals surface area contributed by atoms with Crippen molar-refractivity contribution in [3.63, 3.8) is 0 Å². The highest BCUT2D eigenvalue weighted by Crippen LogP contribution is 2.19. The highest BCUT2D eigenvalue weighted by atomic mass is 35.5. The maximum Gasteiger partial charge on any atom is 0.185 e. The molecule has 0 aliphatic heterocycles. The van der Waals surface area contributed by atoms with Crippen molar-refractivity contribution >= 4 is 41.5 Å². The fraction of sp³-hybridized carbons (Fsp3) is 0. The molecule has 0 amide bonds. The molecule has 4 rings (SSSR count). The Balaban J connectivity index is 0.00000210. The molecule has 3 heterocycles. The summed E-state index contributed by atoms with van der Waals surface area (Å²) >= 11 is 6.03. The molecule has 134 valence electrons. The molecule has 0 saturated heterocycles. The summed E-state index contributed by atoms with van der Waals surface area (Å²) in [5.74, 6) is -0.0664. The Morgan fingerprint density at radius 1 is 0.963 bits per heavy atom. The maximum absolute atomic E-state index is 12.4. The second-order valence-corrected chi connectivity index (χ2v) is 6.21. The van der Waals surface area contributed by atoms with Crippen LogP contribution in [-0.4, -0.2) is 20.2 Å². The van der Waals surface area contributed by atoms with E-state index in [1.54, 1.807) is 43.0 Å². The molecule has 0 bridgehead atoms. The van der Waals surface area contributed by atoms with Gasteiger partial charge in [-0.25, -0.2) is 4.98 Å². The van der Waals surface area contributed by atoms with Gasteiger partial charge in [-0.3, -0.25) is 14.2 Å². The SMILES string of the molecule is Cl.O=C(/C=C/c1cnc2ccc(Cl)cn12)c1ccc(-c2ccncc2)cc1. The Morgan fingerprint density at radius 2 is 1.67 bits per heavy atom. The van der Waals surface area contributed by atoms with E-state index in [1.165, 1.54) is 0 Å². The summed E-state index contributed by atoms with van der Waals surface area (Å²) in [6.07, 6.45) is 10.3. The number of nitrogens with zero attached hydrogens (tertiary/aromatic N) is 3. The average Bonchev–Trinajstić information content (AvgIpc) is 3.09. The highest BCUT2D eigenvalue weighted by molar-refractivity contribution is 6.30. The van der Waals surface area contributed by atoms with Gasteiger partial charge in [-0.15, -0.1) is 12.4 Å². The van der Waals surface area contributed by atoms with Gasteiger partial charge >= 0.3 is 0 Å². The third-order valence-corrected chi connectivity index (χ3v) is 4.31. The van der Waals surface area contributed by atoms with Gasteiger partial charge in [0.25, 0.3) is 0 Å². The zero-order chi connectivity index (χ0) is 17.9. The molecule has 0 unspecified atom stereocenters. The predicted molar refractivity (Wildman–Crippen MR) is 110 cm³/mol. The number of hydrogen-bond acceptors (Lipinski definition) is 3. The van der Waals surface area contributed by atoms with E-state index in [2.05, 4.69) is 9.97 Å². The Morgan fingerprint density at radius 3 is 2.41 bits per heavy atom. The van der Waals surface area contributed by atoms with Gasteiger partial charge in [-0.2, -0.15) is 0 Å². The van der Waals surface area contributed by atoms with Crippen molar-refractivity contribution in [3.05, 3.63) is 95.7 Å². The minimum atomic E-state index is -0.0664. The summed E-state index contributed by atoms with van der Waals surface area (Å²) in [6.45, 7) is 0. The number of fused-ring (bicyclic) bond motifs is 1. The summed E-state index contributed by atoms with van der Waals surface area (Å²) in [5.41, 5.74) is 4.32. The van der Waals surface area contributed by atoms with E-state index in [1.807, 2.05) is 46.9 Å². The van der Waals surface area contributed by atoms with Crippen LogP contribution in [0, 0.1) is 0 Å². The Hall–Kier alpha value is -2.95. The van der Waals surface area contributed by atoms with E-state index in [0.717, 1.165) is 22.5 Å². The van der Waals surface area contributed by atoms with Crippen LogP contribution in [0.3, 0.4) is 0 Å². The molecule has 0 N–H and O–H groups in total. The van der Waals surface area contributed by atoms with Crippen molar-refractivity contribution in [1.82, 2.24) is 14.4 Å². The highest BCUT2D eigenvalue weighted by Gasteiger charge is 2.05. The molecule has 0 aliphatic rings. The second-order valence-electron chi connectivity index (χ2n) is 5.77. The minimum Gasteiger partial charge on any atom is -0.299 e. The second kappa shape index (κ2) is 8.16. The Kier molecular flexibility index (Phi) is 5.69. The van der Waals surface area contributed by atoms with E-state index < -0.39 is 0 Å². The molecule has 0 fully saturated rings. The summed E-state index contributed by atoms with van der Waals surface area (Å²) in [5, 5.41) is 0.614. The summed E-state index contributed by atoms with van der Waals surface area (Å²) in [7, 11) is 0. The van der Waals surface area contributed by atoms with Crippen LogP contribution in [0.25, 0.3) is 22.9 Å². The van der Waals surface area contributed by atoms with Gasteiger partial charge in [0.05, 0.1) is 16.9 Å². The first-order valence-corrected chi connectivity index (χ1v) is 8.44. The maximum atomic E-state index is 12.4. The van der Waals surface area contributed by atoms with Crippen LogP contribution in [-0.2, 0) is 0 Å². The van der Waals surface area contributed by atoms with Crippen molar-refractivity contribution < 1.29 is 4.79 Å². The summed E-state index contributed by atoms with van der Waals surface area (Å²) in [4.78, 5) is 20.7. The number of imidazole rings is 1. The molecular weight excluding hydrogens is 381 g/mol. The predicted octanol–water partition coefficient (Wildman–Crippen LogP) is 5.37. The van der Waals surface area contributed by atoms with Gasteiger partial charge in [0, 0.05) is 24.2 Å². The number of benzene rings is 1. The number of hydrogen-bond donors (Lipinski definition) is 0. The number of aromatic nitrogens is 3. The molecule has 0 aliphatic carbocycles. The van der Waals surface area contributed by atoms with Crippen molar-refractivity contribution in [3.8, 4) is 11.1 Å². The Labute approximate surface area is 167 Å². The monoisotopic (exact) mass is 395 g/mol. The van der Waals surface area contributed by atoms with Crippen molar-refractivity contribution in [2.75, 3.05) is 0 Å². The first-order valence-electron chi connectivity index (χ1n) is 8.06. The van der Waals surface area contributed by atoms with E-state index in [9.17, 15) is 4.79 Å². The average molecular weight is 396 g/mol. The van der Waals surface area contributed by atoms with Crippen molar-refractivity contribution in [2.24, 2.45) is 0 Å². The number of ketones is 1. The third-order valence-electron chi connectivity index (χ3n) is 4.09. The van der Waals surface area contributed by atoms with Gasteiger partial charge < -0.3 is 0 Å². The molecule has 6 heteroatoms. The molecule has 27 heavy (non-hydrogen) atoms. The fourth-order valence-electron chi connectivity index (χ4n) is 2.73. The quantitative estimate of drug-likeness (QED) is 0.344. The smallest absolute Gasteiger partial charge is 0.185 e. The normalized spacial score (nSPS) is 10.9. The van der Waals surface area contributed by atoms with Gasteiger partial charge in [0.15, 0.2) is 5.78 Å². The van der Waals surface area contributed by atoms with E-state index >= 15 is 0 Å². The minimum absolute atomic E-state index is 0. The molecule has 0 saturated carbocycles. The van der Waals surface area contributed by atoms with Crippen LogP contribution in [0.5, 0.6) is 0 Å². The van der Waals surface area contributed by atoms with Crippen LogP contribution in [0.15, 0.2) is 79.4 Å². The summed E-state index contributed by atoms with van der Waals surface area (Å²) in [6, 6.07) is 15.0. The van der Waals surface area contributed by atoms with Crippen LogP contribution < -0.4 is 0 Å². The number of allylic oxidation sites excluding steroid dienone is 1. The van der Waals surface area contributed by atoms with Crippen LogP contribution >= 0.6 is 24.0 Å². The van der Waals surface area contributed by atoms with E-state index in [4.69, 9.17) is 11.6 Å². The lowest BCUT2D eigenvalue weighted by molar-refractivity contribution is 0.104. The first kappa shape index (κ1) is 18.8. The Bertz CT molecular complexity index is 1100. The van der Waals surface area contributed by atoms with Gasteiger partial charge in [0.1, 0.15) is 5.65 Å². The lowest BCUT2D eigenvalue weighted by Crippen LogP contribution is -1.94. The molecule has 1 aromatic carbocycles. The number of carbonyl (C=O) groups excluding carboxylic acids is 1. The van der Waals surface area contributed by atoms with Gasteiger partial charge in [-0.1, -0.05) is 35.9 Å². The van der Waals surface area contributed by atoms with E-state index in [0.29, 0.717) is 10.6 Å².